The molecular formula is C15H22F2N2. The fraction of sp³-hybridized carbons (Fsp3) is 0.600. The minimum atomic E-state index is -0.419. The smallest absolute Gasteiger partial charge is 0.128 e. The van der Waals surface area contributed by atoms with Gasteiger partial charge in [0.15, 0.2) is 0 Å². The van der Waals surface area contributed by atoms with E-state index in [0.29, 0.717) is 11.5 Å². The highest BCUT2D eigenvalue weighted by atomic mass is 19.1. The third kappa shape index (κ3) is 3.98. The van der Waals surface area contributed by atoms with Crippen LogP contribution in [0.1, 0.15) is 56.6 Å². The molecule has 1 atom stereocenters. The standard InChI is InChI=1S/C15H22F2N2/c16-12-7-8-14(17)13(10-12)15(19-18)9-11-5-3-1-2-4-6-11/h7-8,10-11,15,19H,1-6,9,18H2. The molecule has 19 heavy (non-hydrogen) atoms. The molecule has 0 saturated heterocycles. The average molecular weight is 268 g/mol. The predicted molar refractivity (Wildman–Crippen MR) is 72.2 cm³/mol. The lowest BCUT2D eigenvalue weighted by Gasteiger charge is -2.22. The zero-order valence-corrected chi connectivity index (χ0v) is 11.2. The van der Waals surface area contributed by atoms with Gasteiger partial charge in [0.1, 0.15) is 11.6 Å². The van der Waals surface area contributed by atoms with Crippen molar-refractivity contribution in [1.82, 2.24) is 5.43 Å². The third-order valence-electron chi connectivity index (χ3n) is 4.08. The number of rotatable bonds is 4. The Kier molecular flexibility index (Phi) is 5.28. The van der Waals surface area contributed by atoms with Crippen molar-refractivity contribution in [2.24, 2.45) is 11.8 Å². The monoisotopic (exact) mass is 268 g/mol. The number of benzene rings is 1. The van der Waals surface area contributed by atoms with Crippen LogP contribution in [0.25, 0.3) is 0 Å². The van der Waals surface area contributed by atoms with Gasteiger partial charge < -0.3 is 0 Å². The molecule has 0 aromatic heterocycles. The van der Waals surface area contributed by atoms with Gasteiger partial charge >= 0.3 is 0 Å². The van der Waals surface area contributed by atoms with Crippen LogP contribution in [0.15, 0.2) is 18.2 Å². The van der Waals surface area contributed by atoms with Gasteiger partial charge in [0.05, 0.1) is 0 Å². The normalized spacial score (nSPS) is 19.1. The van der Waals surface area contributed by atoms with Crippen molar-refractivity contribution < 1.29 is 8.78 Å². The summed E-state index contributed by atoms with van der Waals surface area (Å²) in [4.78, 5) is 0. The van der Waals surface area contributed by atoms with Crippen LogP contribution in [-0.4, -0.2) is 0 Å². The molecule has 1 fully saturated rings. The first kappa shape index (κ1) is 14.4. The molecule has 0 radical (unpaired) electrons. The maximum atomic E-state index is 13.8. The summed E-state index contributed by atoms with van der Waals surface area (Å²) in [6.45, 7) is 0. The minimum Gasteiger partial charge on any atom is -0.271 e. The van der Waals surface area contributed by atoms with E-state index in [1.165, 1.54) is 37.8 Å². The molecule has 0 bridgehead atoms. The highest BCUT2D eigenvalue weighted by Gasteiger charge is 2.21. The summed E-state index contributed by atoms with van der Waals surface area (Å²) in [6.07, 6.45) is 8.12. The summed E-state index contributed by atoms with van der Waals surface area (Å²) in [5.41, 5.74) is 2.99. The van der Waals surface area contributed by atoms with E-state index in [0.717, 1.165) is 25.3 Å². The Labute approximate surface area is 113 Å². The Morgan fingerprint density at radius 3 is 2.47 bits per heavy atom. The Bertz CT molecular complexity index is 401. The van der Waals surface area contributed by atoms with Crippen LogP contribution >= 0.6 is 0 Å². The van der Waals surface area contributed by atoms with Crippen molar-refractivity contribution in [3.63, 3.8) is 0 Å². The van der Waals surface area contributed by atoms with Gasteiger partial charge in [-0.15, -0.1) is 0 Å². The lowest BCUT2D eigenvalue weighted by Crippen LogP contribution is -2.30. The predicted octanol–water partition coefficient (Wildman–Crippen LogP) is 3.83. The first-order valence-electron chi connectivity index (χ1n) is 7.12. The van der Waals surface area contributed by atoms with Crippen LogP contribution in [-0.2, 0) is 0 Å². The van der Waals surface area contributed by atoms with Crippen molar-refractivity contribution in [2.45, 2.75) is 51.0 Å². The number of nitrogens with two attached hydrogens (primary N) is 1. The zero-order valence-electron chi connectivity index (χ0n) is 11.2. The second-order valence-electron chi connectivity index (χ2n) is 5.48. The highest BCUT2D eigenvalue weighted by Crippen LogP contribution is 2.31. The van der Waals surface area contributed by atoms with Crippen LogP contribution in [0.5, 0.6) is 0 Å². The van der Waals surface area contributed by atoms with Gasteiger partial charge in [0.2, 0.25) is 0 Å². The molecule has 1 aromatic rings. The average Bonchev–Trinajstić information content (AvgIpc) is 2.67. The van der Waals surface area contributed by atoms with Crippen LogP contribution in [0.2, 0.25) is 0 Å². The Balaban J connectivity index is 2.08. The van der Waals surface area contributed by atoms with E-state index < -0.39 is 11.6 Å². The third-order valence-corrected chi connectivity index (χ3v) is 4.08. The van der Waals surface area contributed by atoms with E-state index in [1.54, 1.807) is 0 Å². The number of hydrogen-bond donors (Lipinski definition) is 2. The summed E-state index contributed by atoms with van der Waals surface area (Å²) in [6, 6.07) is 3.25. The molecular weight excluding hydrogens is 246 g/mol. The summed E-state index contributed by atoms with van der Waals surface area (Å²) in [5.74, 6) is 5.28. The van der Waals surface area contributed by atoms with Crippen molar-refractivity contribution in [3.8, 4) is 0 Å². The summed E-state index contributed by atoms with van der Waals surface area (Å²) >= 11 is 0. The molecule has 0 amide bonds. The summed E-state index contributed by atoms with van der Waals surface area (Å²) < 4.78 is 27.0. The number of hydrogen-bond acceptors (Lipinski definition) is 2. The summed E-state index contributed by atoms with van der Waals surface area (Å²) in [7, 11) is 0. The molecule has 1 aliphatic carbocycles. The maximum Gasteiger partial charge on any atom is 0.128 e. The zero-order chi connectivity index (χ0) is 13.7. The van der Waals surface area contributed by atoms with E-state index in [-0.39, 0.29) is 6.04 Å². The maximum absolute atomic E-state index is 13.8. The van der Waals surface area contributed by atoms with Gasteiger partial charge in [-0.1, -0.05) is 38.5 Å². The molecule has 1 aliphatic rings. The topological polar surface area (TPSA) is 38.0 Å². The lowest BCUT2D eigenvalue weighted by atomic mass is 9.89. The molecule has 1 unspecified atom stereocenters. The van der Waals surface area contributed by atoms with Crippen molar-refractivity contribution in [2.75, 3.05) is 0 Å². The van der Waals surface area contributed by atoms with E-state index in [1.807, 2.05) is 0 Å². The molecule has 2 nitrogen and oxygen atoms in total. The molecule has 2 rings (SSSR count). The largest absolute Gasteiger partial charge is 0.271 e. The number of halogens is 2. The van der Waals surface area contributed by atoms with Crippen molar-refractivity contribution in [3.05, 3.63) is 35.4 Å². The molecule has 0 heterocycles. The van der Waals surface area contributed by atoms with E-state index >= 15 is 0 Å². The van der Waals surface area contributed by atoms with Gasteiger partial charge in [0, 0.05) is 11.6 Å². The SMILES string of the molecule is NNC(CC1CCCCCC1)c1cc(F)ccc1F. The first-order valence-corrected chi connectivity index (χ1v) is 7.12. The quantitative estimate of drug-likeness (QED) is 0.495. The van der Waals surface area contributed by atoms with E-state index in [9.17, 15) is 8.78 Å². The van der Waals surface area contributed by atoms with E-state index in [2.05, 4.69) is 5.43 Å². The highest BCUT2D eigenvalue weighted by molar-refractivity contribution is 5.22. The van der Waals surface area contributed by atoms with Gasteiger partial charge in [0.25, 0.3) is 0 Å². The van der Waals surface area contributed by atoms with Gasteiger partial charge in [-0.05, 0) is 30.5 Å². The molecule has 106 valence electrons. The van der Waals surface area contributed by atoms with Crippen LogP contribution in [0.3, 0.4) is 0 Å². The lowest BCUT2D eigenvalue weighted by molar-refractivity contribution is 0.352. The van der Waals surface area contributed by atoms with Crippen LogP contribution < -0.4 is 11.3 Å². The Morgan fingerprint density at radius 2 is 1.84 bits per heavy atom. The molecule has 0 spiro atoms. The second-order valence-corrected chi connectivity index (χ2v) is 5.48. The van der Waals surface area contributed by atoms with E-state index in [4.69, 9.17) is 5.84 Å². The van der Waals surface area contributed by atoms with Crippen molar-refractivity contribution >= 4 is 0 Å². The Hall–Kier alpha value is -1.00. The van der Waals surface area contributed by atoms with Gasteiger partial charge in [-0.3, -0.25) is 11.3 Å². The summed E-state index contributed by atoms with van der Waals surface area (Å²) in [5, 5.41) is 0. The molecule has 1 aromatic carbocycles. The van der Waals surface area contributed by atoms with Gasteiger partial charge in [-0.25, -0.2) is 8.78 Å². The second kappa shape index (κ2) is 6.96. The fourth-order valence-corrected chi connectivity index (χ4v) is 3.00. The minimum absolute atomic E-state index is 0.307. The molecule has 1 saturated carbocycles. The molecule has 3 N–H and O–H groups in total. The van der Waals surface area contributed by atoms with Gasteiger partial charge in [-0.2, -0.15) is 0 Å². The Morgan fingerprint density at radius 1 is 1.16 bits per heavy atom. The fourth-order valence-electron chi connectivity index (χ4n) is 3.00. The first-order chi connectivity index (χ1) is 9.20. The number of nitrogens with one attached hydrogen (secondary N) is 1. The van der Waals surface area contributed by atoms with Crippen LogP contribution in [0.4, 0.5) is 8.78 Å². The molecule has 4 heteroatoms. The van der Waals surface area contributed by atoms with Crippen LogP contribution in [0, 0.1) is 17.6 Å². The number of hydrazine groups is 1. The molecule has 0 aliphatic heterocycles. The van der Waals surface area contributed by atoms with Crippen molar-refractivity contribution in [1.29, 1.82) is 0 Å².